The molecule has 4 aromatic rings. The fourth-order valence-corrected chi connectivity index (χ4v) is 4.77. The maximum atomic E-state index is 13.5. The lowest BCUT2D eigenvalue weighted by Gasteiger charge is -2.17. The van der Waals surface area contributed by atoms with Crippen LogP contribution < -0.4 is 14.2 Å². The maximum Gasteiger partial charge on any atom is 0.193 e. The van der Waals surface area contributed by atoms with Gasteiger partial charge in [0.15, 0.2) is 5.78 Å². The first-order valence-corrected chi connectivity index (χ1v) is 12.5. The van der Waals surface area contributed by atoms with Crippen molar-refractivity contribution in [3.05, 3.63) is 114 Å². The Labute approximate surface area is 218 Å². The zero-order valence-electron chi connectivity index (χ0n) is 21.2. The van der Waals surface area contributed by atoms with Crippen molar-refractivity contribution in [2.45, 2.75) is 19.1 Å². The standard InChI is InChI=1S/C32H31NO4/c1-35-26-12-8-24(9-13-26)31-20-28(36-2)16-17-30(31)32(34)25-10-14-27(15-11-25)37-29-18-19-33(22-29)21-23-6-4-3-5-7-23/h3-17,20,29H,18-19,21-22H2,1-2H3. The number of carbonyl (C=O) groups is 1. The van der Waals surface area contributed by atoms with Crippen LogP contribution in [0.4, 0.5) is 0 Å². The van der Waals surface area contributed by atoms with E-state index in [1.165, 1.54) is 5.56 Å². The zero-order valence-corrected chi connectivity index (χ0v) is 21.2. The molecule has 1 fully saturated rings. The molecule has 0 bridgehead atoms. The molecular weight excluding hydrogens is 462 g/mol. The number of rotatable bonds is 9. The van der Waals surface area contributed by atoms with Gasteiger partial charge >= 0.3 is 0 Å². The Kier molecular flexibility index (Phi) is 7.52. The summed E-state index contributed by atoms with van der Waals surface area (Å²) >= 11 is 0. The van der Waals surface area contributed by atoms with Gasteiger partial charge in [-0.1, -0.05) is 42.5 Å². The van der Waals surface area contributed by atoms with E-state index in [0.717, 1.165) is 48.7 Å². The van der Waals surface area contributed by atoms with Crippen LogP contribution >= 0.6 is 0 Å². The van der Waals surface area contributed by atoms with E-state index in [1.807, 2.05) is 72.8 Å². The molecule has 0 N–H and O–H groups in total. The van der Waals surface area contributed by atoms with E-state index in [0.29, 0.717) is 16.9 Å². The van der Waals surface area contributed by atoms with Gasteiger partial charge in [0, 0.05) is 30.8 Å². The summed E-state index contributed by atoms with van der Waals surface area (Å²) in [6, 6.07) is 31.2. The first-order chi connectivity index (χ1) is 18.1. The summed E-state index contributed by atoms with van der Waals surface area (Å²) in [4.78, 5) is 15.9. The molecule has 1 saturated heterocycles. The number of likely N-dealkylation sites (tertiary alicyclic amines) is 1. The molecule has 0 radical (unpaired) electrons. The lowest BCUT2D eigenvalue weighted by molar-refractivity contribution is 0.103. The fourth-order valence-electron chi connectivity index (χ4n) is 4.77. The number of ketones is 1. The van der Waals surface area contributed by atoms with Crippen molar-refractivity contribution < 1.29 is 19.0 Å². The van der Waals surface area contributed by atoms with Gasteiger partial charge in [0.05, 0.1) is 14.2 Å². The minimum absolute atomic E-state index is 0.0464. The van der Waals surface area contributed by atoms with Crippen LogP contribution in [-0.4, -0.2) is 44.1 Å². The highest BCUT2D eigenvalue weighted by Crippen LogP contribution is 2.31. The first-order valence-electron chi connectivity index (χ1n) is 12.5. The van der Waals surface area contributed by atoms with E-state index in [9.17, 15) is 4.79 Å². The number of methoxy groups -OCH3 is 2. The summed E-state index contributed by atoms with van der Waals surface area (Å²) in [7, 11) is 3.26. The molecule has 5 heteroatoms. The highest BCUT2D eigenvalue weighted by Gasteiger charge is 2.24. The first kappa shape index (κ1) is 24.6. The molecule has 0 aromatic heterocycles. The van der Waals surface area contributed by atoms with Crippen molar-refractivity contribution in [2.24, 2.45) is 0 Å². The highest BCUT2D eigenvalue weighted by molar-refractivity contribution is 6.13. The third kappa shape index (κ3) is 5.84. The monoisotopic (exact) mass is 493 g/mol. The van der Waals surface area contributed by atoms with Crippen molar-refractivity contribution >= 4 is 5.78 Å². The van der Waals surface area contributed by atoms with Gasteiger partial charge in [-0.25, -0.2) is 0 Å². The largest absolute Gasteiger partial charge is 0.497 e. The second-order valence-electron chi connectivity index (χ2n) is 9.24. The smallest absolute Gasteiger partial charge is 0.193 e. The van der Waals surface area contributed by atoms with Gasteiger partial charge in [-0.3, -0.25) is 9.69 Å². The van der Waals surface area contributed by atoms with E-state index in [1.54, 1.807) is 14.2 Å². The van der Waals surface area contributed by atoms with E-state index in [-0.39, 0.29) is 11.9 Å². The van der Waals surface area contributed by atoms with Gasteiger partial charge in [-0.15, -0.1) is 0 Å². The van der Waals surface area contributed by atoms with Crippen LogP contribution in [0.3, 0.4) is 0 Å². The molecule has 0 amide bonds. The molecule has 1 heterocycles. The molecule has 5 rings (SSSR count). The predicted molar refractivity (Wildman–Crippen MR) is 146 cm³/mol. The van der Waals surface area contributed by atoms with Crippen molar-refractivity contribution in [2.75, 3.05) is 27.3 Å². The number of carbonyl (C=O) groups excluding carboxylic acids is 1. The van der Waals surface area contributed by atoms with Gasteiger partial charge in [-0.2, -0.15) is 0 Å². The summed E-state index contributed by atoms with van der Waals surface area (Å²) in [6.45, 7) is 2.85. The topological polar surface area (TPSA) is 48.0 Å². The Morgan fingerprint density at radius 3 is 2.19 bits per heavy atom. The van der Waals surface area contributed by atoms with Crippen LogP contribution in [0.25, 0.3) is 11.1 Å². The predicted octanol–water partition coefficient (Wildman–Crippen LogP) is 6.26. The van der Waals surface area contributed by atoms with Crippen LogP contribution in [0.5, 0.6) is 17.2 Å². The van der Waals surface area contributed by atoms with Crippen LogP contribution in [0.1, 0.15) is 27.9 Å². The Hall–Kier alpha value is -4.09. The second-order valence-corrected chi connectivity index (χ2v) is 9.24. The normalized spacial score (nSPS) is 15.4. The summed E-state index contributed by atoms with van der Waals surface area (Å²) < 4.78 is 17.0. The molecule has 1 aliphatic rings. The molecule has 0 aliphatic carbocycles. The van der Waals surface area contributed by atoms with E-state index in [4.69, 9.17) is 14.2 Å². The number of nitrogens with zero attached hydrogens (tertiary/aromatic N) is 1. The molecule has 1 atom stereocenters. The maximum absolute atomic E-state index is 13.5. The molecule has 0 spiro atoms. The molecule has 5 nitrogen and oxygen atoms in total. The van der Waals surface area contributed by atoms with Crippen LogP contribution in [0.2, 0.25) is 0 Å². The molecule has 1 unspecified atom stereocenters. The minimum atomic E-state index is -0.0464. The SMILES string of the molecule is COc1ccc(-c2cc(OC)ccc2C(=O)c2ccc(OC3CCN(Cc4ccccc4)C3)cc2)cc1. The van der Waals surface area contributed by atoms with Crippen molar-refractivity contribution in [3.63, 3.8) is 0 Å². The van der Waals surface area contributed by atoms with Gasteiger partial charge in [0.25, 0.3) is 0 Å². The van der Waals surface area contributed by atoms with Crippen LogP contribution in [0.15, 0.2) is 97.1 Å². The Morgan fingerprint density at radius 2 is 1.49 bits per heavy atom. The van der Waals surface area contributed by atoms with E-state index < -0.39 is 0 Å². The van der Waals surface area contributed by atoms with Gasteiger partial charge in [-0.05, 0) is 77.7 Å². The van der Waals surface area contributed by atoms with E-state index >= 15 is 0 Å². The molecule has 0 saturated carbocycles. The van der Waals surface area contributed by atoms with Gasteiger partial charge in [0.2, 0.25) is 0 Å². The van der Waals surface area contributed by atoms with Crippen LogP contribution in [0, 0.1) is 0 Å². The molecule has 1 aliphatic heterocycles. The summed E-state index contributed by atoms with van der Waals surface area (Å²) in [5.74, 6) is 2.20. The summed E-state index contributed by atoms with van der Waals surface area (Å²) in [5.41, 5.74) is 4.29. The molecule has 4 aromatic carbocycles. The quantitative estimate of drug-likeness (QED) is 0.258. The van der Waals surface area contributed by atoms with Crippen molar-refractivity contribution in [1.82, 2.24) is 4.90 Å². The number of hydrogen-bond acceptors (Lipinski definition) is 5. The summed E-state index contributed by atoms with van der Waals surface area (Å²) in [6.07, 6.45) is 1.14. The van der Waals surface area contributed by atoms with Gasteiger partial charge < -0.3 is 14.2 Å². The Balaban J connectivity index is 1.28. The lowest BCUT2D eigenvalue weighted by Crippen LogP contribution is -2.24. The Bertz CT molecular complexity index is 1330. The van der Waals surface area contributed by atoms with E-state index in [2.05, 4.69) is 29.2 Å². The highest BCUT2D eigenvalue weighted by atomic mass is 16.5. The summed E-state index contributed by atoms with van der Waals surface area (Å²) in [5, 5.41) is 0. The lowest BCUT2D eigenvalue weighted by atomic mass is 9.93. The number of ether oxygens (including phenoxy) is 3. The minimum Gasteiger partial charge on any atom is -0.497 e. The number of benzene rings is 4. The number of hydrogen-bond donors (Lipinski definition) is 0. The second kappa shape index (κ2) is 11.3. The molecule has 37 heavy (non-hydrogen) atoms. The van der Waals surface area contributed by atoms with Crippen molar-refractivity contribution in [3.8, 4) is 28.4 Å². The molecular formula is C32H31NO4. The van der Waals surface area contributed by atoms with Crippen LogP contribution in [-0.2, 0) is 6.54 Å². The van der Waals surface area contributed by atoms with Gasteiger partial charge in [0.1, 0.15) is 23.4 Å². The third-order valence-corrected chi connectivity index (χ3v) is 6.77. The average Bonchev–Trinajstić information content (AvgIpc) is 3.39. The Morgan fingerprint density at radius 1 is 0.811 bits per heavy atom. The fraction of sp³-hybridized carbons (Fsp3) is 0.219. The zero-order chi connectivity index (χ0) is 25.6. The third-order valence-electron chi connectivity index (χ3n) is 6.77. The average molecular weight is 494 g/mol. The molecule has 188 valence electrons. The van der Waals surface area contributed by atoms with Crippen molar-refractivity contribution in [1.29, 1.82) is 0 Å².